The molecular formula is C16H27IN2O2. The van der Waals surface area contributed by atoms with Crippen LogP contribution in [0.1, 0.15) is 45.7 Å². The third-order valence-electron chi connectivity index (χ3n) is 4.48. The second-order valence-electron chi connectivity index (χ2n) is 6.23. The molecule has 0 fully saturated rings. The van der Waals surface area contributed by atoms with E-state index in [0.29, 0.717) is 23.4 Å². The van der Waals surface area contributed by atoms with Crippen molar-refractivity contribution < 1.29 is 38.8 Å². The first kappa shape index (κ1) is 20.2. The number of phenols is 1. The fourth-order valence-corrected chi connectivity index (χ4v) is 2.38. The third kappa shape index (κ3) is 4.57. The first-order chi connectivity index (χ1) is 9.22. The average Bonchev–Trinajstić information content (AvgIpc) is 2.39. The van der Waals surface area contributed by atoms with Gasteiger partial charge in [-0.3, -0.25) is 0 Å². The Hall–Kier alpha value is -0.820. The van der Waals surface area contributed by atoms with E-state index < -0.39 is 0 Å². The highest BCUT2D eigenvalue weighted by Gasteiger charge is 2.30. The molecule has 21 heavy (non-hydrogen) atoms. The lowest BCUT2D eigenvalue weighted by Crippen LogP contribution is -3.00. The van der Waals surface area contributed by atoms with Gasteiger partial charge in [-0.25, -0.2) is 0 Å². The van der Waals surface area contributed by atoms with E-state index in [9.17, 15) is 5.11 Å². The summed E-state index contributed by atoms with van der Waals surface area (Å²) < 4.78 is 0.916. The monoisotopic (exact) mass is 406 g/mol. The number of halogens is 1. The Morgan fingerprint density at radius 1 is 1.19 bits per heavy atom. The van der Waals surface area contributed by atoms with Crippen LogP contribution in [0.3, 0.4) is 0 Å². The van der Waals surface area contributed by atoms with Gasteiger partial charge in [-0.15, -0.1) is 0 Å². The van der Waals surface area contributed by atoms with Crippen molar-refractivity contribution in [3.05, 3.63) is 29.3 Å². The van der Waals surface area contributed by atoms with Crippen molar-refractivity contribution in [2.24, 2.45) is 5.16 Å². The van der Waals surface area contributed by atoms with Gasteiger partial charge < -0.3 is 38.8 Å². The molecule has 0 atom stereocenters. The zero-order valence-electron chi connectivity index (χ0n) is 13.8. The quantitative estimate of drug-likeness (QED) is 0.244. The van der Waals surface area contributed by atoms with E-state index in [1.165, 1.54) is 0 Å². The van der Waals surface area contributed by atoms with Crippen LogP contribution >= 0.6 is 0 Å². The molecule has 0 aliphatic carbocycles. The highest BCUT2D eigenvalue weighted by atomic mass is 127. The number of nitrogens with zero attached hydrogens (tertiary/aromatic N) is 2. The summed E-state index contributed by atoms with van der Waals surface area (Å²) in [5.41, 5.74) is 2.14. The molecule has 0 spiro atoms. The molecule has 0 radical (unpaired) electrons. The molecule has 1 aromatic carbocycles. The summed E-state index contributed by atoms with van der Waals surface area (Å²) in [6.45, 7) is 11.5. The van der Waals surface area contributed by atoms with Gasteiger partial charge >= 0.3 is 0 Å². The average molecular weight is 406 g/mol. The van der Waals surface area contributed by atoms with Crippen LogP contribution < -0.4 is 24.0 Å². The maximum absolute atomic E-state index is 9.86. The van der Waals surface area contributed by atoms with Crippen molar-refractivity contribution >= 4 is 5.71 Å². The maximum atomic E-state index is 9.86. The van der Waals surface area contributed by atoms with Crippen LogP contribution in [0.5, 0.6) is 5.75 Å². The molecule has 0 heterocycles. The molecule has 0 amide bonds. The van der Waals surface area contributed by atoms with Gasteiger partial charge in [0.05, 0.1) is 24.8 Å². The molecule has 2 N–H and O–H groups in total. The molecule has 0 aromatic heterocycles. The molecule has 0 unspecified atom stereocenters. The molecule has 0 saturated heterocycles. The second-order valence-corrected chi connectivity index (χ2v) is 6.23. The number of quaternary nitrogens is 1. The Morgan fingerprint density at radius 2 is 1.71 bits per heavy atom. The minimum Gasteiger partial charge on any atom is -1.00 e. The molecule has 0 saturated carbocycles. The van der Waals surface area contributed by atoms with Gasteiger partial charge in [-0.1, -0.05) is 5.16 Å². The molecule has 0 aliphatic heterocycles. The van der Waals surface area contributed by atoms with E-state index in [2.05, 4.69) is 39.9 Å². The number of aromatic hydroxyl groups is 1. The SMILES string of the molecule is C/C(=N\O)c1cc(C[N+](C)(C(C)C)C(C)C)ccc1O.[I-]. The van der Waals surface area contributed by atoms with Crippen LogP contribution in [0.2, 0.25) is 0 Å². The van der Waals surface area contributed by atoms with Crippen molar-refractivity contribution in [1.82, 2.24) is 0 Å². The number of hydrogen-bond acceptors (Lipinski definition) is 3. The van der Waals surface area contributed by atoms with E-state index >= 15 is 0 Å². The molecular weight excluding hydrogens is 379 g/mol. The van der Waals surface area contributed by atoms with E-state index in [1.807, 2.05) is 12.1 Å². The van der Waals surface area contributed by atoms with Gasteiger partial charge in [-0.2, -0.15) is 0 Å². The molecule has 5 heteroatoms. The van der Waals surface area contributed by atoms with Gasteiger partial charge in [0, 0.05) is 11.1 Å². The van der Waals surface area contributed by atoms with Crippen LogP contribution in [-0.2, 0) is 6.54 Å². The first-order valence-corrected chi connectivity index (χ1v) is 7.08. The smallest absolute Gasteiger partial charge is 0.124 e. The van der Waals surface area contributed by atoms with E-state index in [4.69, 9.17) is 5.21 Å². The fraction of sp³-hybridized carbons (Fsp3) is 0.562. The Kier molecular flexibility index (Phi) is 7.67. The summed E-state index contributed by atoms with van der Waals surface area (Å²) >= 11 is 0. The summed E-state index contributed by atoms with van der Waals surface area (Å²) in [6, 6.07) is 6.51. The summed E-state index contributed by atoms with van der Waals surface area (Å²) in [5, 5.41) is 21.9. The first-order valence-electron chi connectivity index (χ1n) is 7.08. The Balaban J connectivity index is 0.00000400. The molecule has 120 valence electrons. The van der Waals surface area contributed by atoms with Crippen molar-refractivity contribution in [3.63, 3.8) is 0 Å². The van der Waals surface area contributed by atoms with Crippen LogP contribution in [0, 0.1) is 0 Å². The normalized spacial score (nSPS) is 12.7. The predicted molar refractivity (Wildman–Crippen MR) is 82.3 cm³/mol. The summed E-state index contributed by atoms with van der Waals surface area (Å²) in [4.78, 5) is 0. The standard InChI is InChI=1S/C16H26N2O2.HI/c1-11(2)18(6,12(3)4)10-14-7-8-16(19)15(9-14)13(5)17-20;/h7-9,11-12H,10H2,1-6H3,(H-,17,19,20);1H. The topological polar surface area (TPSA) is 52.8 Å². The lowest BCUT2D eigenvalue weighted by atomic mass is 10.0. The largest absolute Gasteiger partial charge is 1.00 e. The number of oxime groups is 1. The Morgan fingerprint density at radius 3 is 2.14 bits per heavy atom. The molecule has 0 bridgehead atoms. The summed E-state index contributed by atoms with van der Waals surface area (Å²) in [5.74, 6) is 0.146. The number of phenolic OH excluding ortho intramolecular Hbond substituents is 1. The second kappa shape index (κ2) is 7.98. The van der Waals surface area contributed by atoms with Crippen molar-refractivity contribution in [3.8, 4) is 5.75 Å². The maximum Gasteiger partial charge on any atom is 0.124 e. The minimum absolute atomic E-state index is 0. The Bertz CT molecular complexity index is 491. The van der Waals surface area contributed by atoms with Crippen LogP contribution in [0.15, 0.2) is 23.4 Å². The van der Waals surface area contributed by atoms with Crippen LogP contribution in [0.25, 0.3) is 0 Å². The number of hydrogen-bond donors (Lipinski definition) is 2. The van der Waals surface area contributed by atoms with Crippen molar-refractivity contribution in [2.45, 2.75) is 53.2 Å². The molecule has 0 aliphatic rings. The van der Waals surface area contributed by atoms with Crippen molar-refractivity contribution in [1.29, 1.82) is 0 Å². The fourth-order valence-electron chi connectivity index (χ4n) is 2.38. The van der Waals surface area contributed by atoms with Gasteiger partial charge in [0.25, 0.3) is 0 Å². The van der Waals surface area contributed by atoms with E-state index in [1.54, 1.807) is 13.0 Å². The minimum atomic E-state index is 0. The zero-order chi connectivity index (χ0) is 15.5. The van der Waals surface area contributed by atoms with E-state index in [0.717, 1.165) is 16.6 Å². The Labute approximate surface area is 145 Å². The predicted octanol–water partition coefficient (Wildman–Crippen LogP) is 0.358. The zero-order valence-corrected chi connectivity index (χ0v) is 15.9. The highest BCUT2D eigenvalue weighted by Crippen LogP contribution is 2.25. The third-order valence-corrected chi connectivity index (χ3v) is 4.48. The van der Waals surface area contributed by atoms with Crippen LogP contribution in [-0.4, -0.2) is 39.6 Å². The summed E-state index contributed by atoms with van der Waals surface area (Å²) in [7, 11) is 2.24. The van der Waals surface area contributed by atoms with Gasteiger partial charge in [-0.05, 0) is 52.8 Å². The van der Waals surface area contributed by atoms with E-state index in [-0.39, 0.29) is 29.7 Å². The molecule has 4 nitrogen and oxygen atoms in total. The van der Waals surface area contributed by atoms with Gasteiger partial charge in [0.15, 0.2) is 0 Å². The molecule has 1 rings (SSSR count). The molecule has 1 aromatic rings. The number of benzene rings is 1. The highest BCUT2D eigenvalue weighted by molar-refractivity contribution is 6.00. The summed E-state index contributed by atoms with van der Waals surface area (Å²) in [6.07, 6.45) is 0. The van der Waals surface area contributed by atoms with Crippen molar-refractivity contribution in [2.75, 3.05) is 7.05 Å². The van der Waals surface area contributed by atoms with Gasteiger partial charge in [0.1, 0.15) is 12.3 Å². The van der Waals surface area contributed by atoms with Gasteiger partial charge in [0.2, 0.25) is 0 Å². The van der Waals surface area contributed by atoms with Crippen LogP contribution in [0.4, 0.5) is 0 Å². The number of rotatable bonds is 5. The lowest BCUT2D eigenvalue weighted by molar-refractivity contribution is -0.961. The lowest BCUT2D eigenvalue weighted by Gasteiger charge is -2.42.